The highest BCUT2D eigenvalue weighted by atomic mass is 19.4. The summed E-state index contributed by atoms with van der Waals surface area (Å²) < 4.78 is 83.8. The van der Waals surface area contributed by atoms with Crippen LogP contribution < -0.4 is 20.1 Å². The summed E-state index contributed by atoms with van der Waals surface area (Å²) in [4.78, 5) is 14.5. The van der Waals surface area contributed by atoms with Crippen LogP contribution in [0, 0.1) is 0 Å². The minimum atomic E-state index is -4.63. The molecular formula is C19H25F6N3O3. The van der Waals surface area contributed by atoms with Crippen molar-refractivity contribution in [1.82, 2.24) is 10.2 Å². The lowest BCUT2D eigenvalue weighted by molar-refractivity contribution is -0.154. The number of urea groups is 1. The van der Waals surface area contributed by atoms with Crippen LogP contribution in [0.1, 0.15) is 26.2 Å². The van der Waals surface area contributed by atoms with Crippen molar-refractivity contribution < 1.29 is 40.6 Å². The molecule has 31 heavy (non-hydrogen) atoms. The SMILES string of the molecule is CCN1CCCCC1CNC(=O)Nc1cc(OCC(F)(F)F)ccc1OCC(F)(F)F. The molecule has 0 saturated carbocycles. The van der Waals surface area contributed by atoms with Crippen molar-refractivity contribution >= 4 is 11.7 Å². The van der Waals surface area contributed by atoms with Gasteiger partial charge in [-0.2, -0.15) is 26.3 Å². The summed E-state index contributed by atoms with van der Waals surface area (Å²) in [7, 11) is 0. The molecule has 2 rings (SSSR count). The first-order chi connectivity index (χ1) is 14.5. The van der Waals surface area contributed by atoms with E-state index in [9.17, 15) is 31.1 Å². The number of anilines is 1. The van der Waals surface area contributed by atoms with Crippen LogP contribution in [-0.2, 0) is 0 Å². The molecule has 0 aromatic heterocycles. The van der Waals surface area contributed by atoms with Gasteiger partial charge in [-0.25, -0.2) is 4.79 Å². The fourth-order valence-corrected chi connectivity index (χ4v) is 3.23. The number of amides is 2. The van der Waals surface area contributed by atoms with Crippen LogP contribution in [0.4, 0.5) is 36.8 Å². The first-order valence-corrected chi connectivity index (χ1v) is 9.79. The van der Waals surface area contributed by atoms with Gasteiger partial charge >= 0.3 is 18.4 Å². The third kappa shape index (κ3) is 9.11. The molecule has 1 unspecified atom stereocenters. The van der Waals surface area contributed by atoms with E-state index in [-0.39, 0.29) is 23.2 Å². The number of likely N-dealkylation sites (N-methyl/N-ethyl adjacent to an activating group) is 1. The Morgan fingerprint density at radius 2 is 1.77 bits per heavy atom. The molecule has 1 heterocycles. The second kappa shape index (κ2) is 10.8. The number of nitrogens with one attached hydrogen (secondary N) is 2. The van der Waals surface area contributed by atoms with Gasteiger partial charge < -0.3 is 20.1 Å². The maximum atomic E-state index is 12.5. The third-order valence-electron chi connectivity index (χ3n) is 4.65. The van der Waals surface area contributed by atoms with Gasteiger partial charge in [0.25, 0.3) is 0 Å². The van der Waals surface area contributed by atoms with Gasteiger partial charge in [0.2, 0.25) is 0 Å². The number of hydrogen-bond donors (Lipinski definition) is 2. The van der Waals surface area contributed by atoms with Gasteiger partial charge in [0.1, 0.15) is 11.5 Å². The molecule has 1 saturated heterocycles. The Kier molecular flexibility index (Phi) is 8.66. The zero-order chi connectivity index (χ0) is 23.1. The molecule has 6 nitrogen and oxygen atoms in total. The van der Waals surface area contributed by atoms with E-state index in [1.54, 1.807) is 0 Å². The molecule has 2 amide bonds. The number of rotatable bonds is 8. The smallest absolute Gasteiger partial charge is 0.422 e. The van der Waals surface area contributed by atoms with E-state index in [1.807, 2.05) is 6.92 Å². The highest BCUT2D eigenvalue weighted by Crippen LogP contribution is 2.31. The van der Waals surface area contributed by atoms with E-state index in [0.29, 0.717) is 6.54 Å². The van der Waals surface area contributed by atoms with Crippen molar-refractivity contribution in [3.05, 3.63) is 18.2 Å². The third-order valence-corrected chi connectivity index (χ3v) is 4.65. The molecule has 1 aliphatic heterocycles. The molecular weight excluding hydrogens is 432 g/mol. The van der Waals surface area contributed by atoms with Crippen LogP contribution in [0.5, 0.6) is 11.5 Å². The van der Waals surface area contributed by atoms with Crippen molar-refractivity contribution in [2.45, 2.75) is 44.6 Å². The molecule has 1 atom stereocenters. The molecule has 176 valence electrons. The number of likely N-dealkylation sites (tertiary alicyclic amines) is 1. The minimum Gasteiger partial charge on any atom is -0.484 e. The average Bonchev–Trinajstić information content (AvgIpc) is 2.69. The number of nitrogens with zero attached hydrogens (tertiary/aromatic N) is 1. The number of piperidine rings is 1. The standard InChI is InChI=1S/C19H25F6N3O3/c1-2-28-8-4-3-5-13(28)10-26-17(29)27-15-9-14(30-11-18(20,21)22)6-7-16(15)31-12-19(23,24)25/h6-7,9,13H,2-5,8,10-12H2,1H3,(H2,26,27,29). The maximum absolute atomic E-state index is 12.5. The lowest BCUT2D eigenvalue weighted by Crippen LogP contribution is -2.47. The molecule has 1 aromatic rings. The van der Waals surface area contributed by atoms with Gasteiger partial charge in [-0.05, 0) is 38.1 Å². The van der Waals surface area contributed by atoms with Gasteiger partial charge in [0, 0.05) is 18.7 Å². The fourth-order valence-electron chi connectivity index (χ4n) is 3.23. The molecule has 0 radical (unpaired) electrons. The predicted molar refractivity (Wildman–Crippen MR) is 101 cm³/mol. The summed E-state index contributed by atoms with van der Waals surface area (Å²) >= 11 is 0. The molecule has 1 aliphatic rings. The monoisotopic (exact) mass is 457 g/mol. The highest BCUT2D eigenvalue weighted by Gasteiger charge is 2.30. The fraction of sp³-hybridized carbons (Fsp3) is 0.632. The van der Waals surface area contributed by atoms with Crippen LogP contribution in [0.25, 0.3) is 0 Å². The first-order valence-electron chi connectivity index (χ1n) is 9.79. The lowest BCUT2D eigenvalue weighted by atomic mass is 10.0. The zero-order valence-electron chi connectivity index (χ0n) is 16.9. The van der Waals surface area contributed by atoms with E-state index < -0.39 is 31.6 Å². The van der Waals surface area contributed by atoms with E-state index in [0.717, 1.165) is 50.6 Å². The van der Waals surface area contributed by atoms with Crippen LogP contribution in [0.15, 0.2) is 18.2 Å². The lowest BCUT2D eigenvalue weighted by Gasteiger charge is -2.34. The zero-order valence-corrected chi connectivity index (χ0v) is 16.9. The molecule has 0 spiro atoms. The van der Waals surface area contributed by atoms with Crippen molar-refractivity contribution in [3.8, 4) is 11.5 Å². The van der Waals surface area contributed by atoms with Gasteiger partial charge in [-0.15, -0.1) is 0 Å². The number of carbonyl (C=O) groups excluding carboxylic acids is 1. The first kappa shape index (κ1) is 24.9. The number of halogens is 6. The Balaban J connectivity index is 2.05. The van der Waals surface area contributed by atoms with E-state index in [1.165, 1.54) is 0 Å². The summed E-state index contributed by atoms with van der Waals surface area (Å²) in [5.74, 6) is -0.629. The van der Waals surface area contributed by atoms with Gasteiger partial charge in [-0.1, -0.05) is 13.3 Å². The van der Waals surface area contributed by atoms with Crippen molar-refractivity contribution in [3.63, 3.8) is 0 Å². The number of alkyl halides is 6. The molecule has 1 fully saturated rings. The number of carbonyl (C=O) groups is 1. The normalized spacial score (nSPS) is 17.8. The highest BCUT2D eigenvalue weighted by molar-refractivity contribution is 5.91. The number of hydrogen-bond acceptors (Lipinski definition) is 4. The van der Waals surface area contributed by atoms with E-state index >= 15 is 0 Å². The molecule has 12 heteroatoms. The van der Waals surface area contributed by atoms with Crippen molar-refractivity contribution in [1.29, 1.82) is 0 Å². The summed E-state index contributed by atoms with van der Waals surface area (Å²) in [6.45, 7) is 0.855. The summed E-state index contributed by atoms with van der Waals surface area (Å²) in [6, 6.07) is 2.43. The largest absolute Gasteiger partial charge is 0.484 e. The number of ether oxygens (including phenoxy) is 2. The predicted octanol–water partition coefficient (Wildman–Crippen LogP) is 4.56. The Bertz CT molecular complexity index is 727. The second-order valence-corrected chi connectivity index (χ2v) is 7.08. The topological polar surface area (TPSA) is 62.8 Å². The molecule has 1 aromatic carbocycles. The van der Waals surface area contributed by atoms with Crippen LogP contribution in [-0.4, -0.2) is 62.2 Å². The molecule has 0 aliphatic carbocycles. The summed E-state index contributed by atoms with van der Waals surface area (Å²) in [6.07, 6.45) is -6.23. The molecule has 2 N–H and O–H groups in total. The Morgan fingerprint density at radius 3 is 2.42 bits per heavy atom. The quantitative estimate of drug-likeness (QED) is 0.562. The van der Waals surface area contributed by atoms with E-state index in [4.69, 9.17) is 0 Å². The average molecular weight is 457 g/mol. The Labute approximate surface area is 175 Å². The summed E-state index contributed by atoms with van der Waals surface area (Å²) in [5.41, 5.74) is -0.239. The molecule has 0 bridgehead atoms. The maximum Gasteiger partial charge on any atom is 0.422 e. The Hall–Kier alpha value is -2.37. The van der Waals surface area contributed by atoms with Gasteiger partial charge in [0.15, 0.2) is 13.2 Å². The van der Waals surface area contributed by atoms with Crippen molar-refractivity contribution in [2.24, 2.45) is 0 Å². The van der Waals surface area contributed by atoms with Crippen LogP contribution >= 0.6 is 0 Å². The Morgan fingerprint density at radius 1 is 1.10 bits per heavy atom. The van der Waals surface area contributed by atoms with E-state index in [2.05, 4.69) is 25.0 Å². The van der Waals surface area contributed by atoms with Gasteiger partial charge in [0.05, 0.1) is 5.69 Å². The van der Waals surface area contributed by atoms with Crippen LogP contribution in [0.2, 0.25) is 0 Å². The minimum absolute atomic E-state index is 0.131. The van der Waals surface area contributed by atoms with Gasteiger partial charge in [-0.3, -0.25) is 4.90 Å². The number of benzene rings is 1. The van der Waals surface area contributed by atoms with Crippen LogP contribution in [0.3, 0.4) is 0 Å². The van der Waals surface area contributed by atoms with Crippen molar-refractivity contribution in [2.75, 3.05) is 38.2 Å². The summed E-state index contributed by atoms with van der Waals surface area (Å²) in [5, 5.41) is 4.98. The second-order valence-electron chi connectivity index (χ2n) is 7.08.